The Morgan fingerprint density at radius 3 is 2.90 bits per heavy atom. The fourth-order valence-electron chi connectivity index (χ4n) is 1.67. The van der Waals surface area contributed by atoms with Gasteiger partial charge < -0.3 is 20.7 Å². The van der Waals surface area contributed by atoms with E-state index in [1.807, 2.05) is 0 Å². The number of hydrogen-bond acceptors (Lipinski definition) is 5. The van der Waals surface area contributed by atoms with Crippen LogP contribution < -0.4 is 10.5 Å². The van der Waals surface area contributed by atoms with E-state index in [1.54, 1.807) is 24.3 Å². The van der Waals surface area contributed by atoms with Crippen LogP contribution in [0, 0.1) is 0 Å². The Kier molecular flexibility index (Phi) is 6.97. The summed E-state index contributed by atoms with van der Waals surface area (Å²) in [5.74, 6) is -0.244. The lowest BCUT2D eigenvalue weighted by Gasteiger charge is -2.05. The molecular weight excluding hydrogens is 272 g/mol. The van der Waals surface area contributed by atoms with Crippen molar-refractivity contribution in [3.8, 4) is 11.5 Å². The number of aliphatic imine (C=N–C) groups is 1. The van der Waals surface area contributed by atoms with Gasteiger partial charge in [0.1, 0.15) is 17.5 Å². The minimum atomic E-state index is -0.975. The molecule has 114 valence electrons. The van der Waals surface area contributed by atoms with Gasteiger partial charge >= 0.3 is 5.97 Å². The molecule has 0 bridgehead atoms. The van der Waals surface area contributed by atoms with Crippen molar-refractivity contribution in [2.75, 3.05) is 13.7 Å². The van der Waals surface area contributed by atoms with E-state index in [4.69, 9.17) is 15.6 Å². The van der Waals surface area contributed by atoms with Gasteiger partial charge in [0.05, 0.1) is 7.11 Å². The topological polar surface area (TPSA) is 105 Å². The first kappa shape index (κ1) is 16.7. The van der Waals surface area contributed by atoms with Crippen molar-refractivity contribution in [3.63, 3.8) is 0 Å². The van der Waals surface area contributed by atoms with Crippen molar-refractivity contribution in [2.45, 2.75) is 18.9 Å². The number of phenolic OH excluding ortho intramolecular Hbond substituents is 1. The zero-order chi connectivity index (χ0) is 15.7. The fraction of sp³-hybridized carbons (Fsp3) is 0.333. The standard InChI is InChI=1S/C15H20N2O4/c1-21-12-6-7-14(18)11(10-12)4-3-9-17-13(15(19)20)5-2-8-16/h3-4,6-7,9-10,13,18H,2,5,8,16H2,1H3,(H,19,20)/b4-3+,17-9?. The van der Waals surface area contributed by atoms with E-state index < -0.39 is 12.0 Å². The minimum absolute atomic E-state index is 0.110. The molecule has 1 rings (SSSR count). The first-order chi connectivity index (χ1) is 10.1. The molecule has 0 saturated carbocycles. The summed E-state index contributed by atoms with van der Waals surface area (Å²) in [6.07, 6.45) is 5.62. The van der Waals surface area contributed by atoms with Crippen LogP contribution in [0.15, 0.2) is 29.3 Å². The predicted octanol–water partition coefficient (Wildman–Crippen LogP) is 1.68. The number of hydrogen-bond donors (Lipinski definition) is 3. The van der Waals surface area contributed by atoms with Crippen LogP contribution in [0.2, 0.25) is 0 Å². The molecule has 4 N–H and O–H groups in total. The lowest BCUT2D eigenvalue weighted by Crippen LogP contribution is -2.19. The van der Waals surface area contributed by atoms with Crippen LogP contribution in [0.25, 0.3) is 6.08 Å². The summed E-state index contributed by atoms with van der Waals surface area (Å²) in [6.45, 7) is 0.437. The highest BCUT2D eigenvalue weighted by Gasteiger charge is 2.13. The highest BCUT2D eigenvalue weighted by atomic mass is 16.5. The number of phenols is 1. The van der Waals surface area contributed by atoms with Crippen LogP contribution in [-0.2, 0) is 4.79 Å². The first-order valence-corrected chi connectivity index (χ1v) is 6.58. The van der Waals surface area contributed by atoms with E-state index in [-0.39, 0.29) is 5.75 Å². The molecule has 1 atom stereocenters. The monoisotopic (exact) mass is 292 g/mol. The maximum atomic E-state index is 11.0. The maximum absolute atomic E-state index is 11.0. The van der Waals surface area contributed by atoms with Gasteiger partial charge in [0.25, 0.3) is 0 Å². The SMILES string of the molecule is COc1ccc(O)c(/C=C/C=NC(CCCN)C(=O)O)c1. The molecular formula is C15H20N2O4. The summed E-state index contributed by atoms with van der Waals surface area (Å²) in [4.78, 5) is 14.9. The molecule has 0 radical (unpaired) electrons. The van der Waals surface area contributed by atoms with E-state index in [0.717, 1.165) is 0 Å². The van der Waals surface area contributed by atoms with Gasteiger partial charge in [-0.15, -0.1) is 0 Å². The maximum Gasteiger partial charge on any atom is 0.328 e. The average molecular weight is 292 g/mol. The van der Waals surface area contributed by atoms with Crippen LogP contribution in [0.4, 0.5) is 0 Å². The number of allylic oxidation sites excluding steroid dienone is 1. The van der Waals surface area contributed by atoms with Crippen molar-refractivity contribution < 1.29 is 19.7 Å². The third-order valence-electron chi connectivity index (χ3n) is 2.83. The number of rotatable bonds is 8. The van der Waals surface area contributed by atoms with Gasteiger partial charge in [-0.1, -0.05) is 0 Å². The molecule has 21 heavy (non-hydrogen) atoms. The third-order valence-corrected chi connectivity index (χ3v) is 2.83. The highest BCUT2D eigenvalue weighted by molar-refractivity contribution is 5.82. The smallest absolute Gasteiger partial charge is 0.328 e. The number of benzene rings is 1. The first-order valence-electron chi connectivity index (χ1n) is 6.58. The van der Waals surface area contributed by atoms with Crippen LogP contribution >= 0.6 is 0 Å². The summed E-state index contributed by atoms with van der Waals surface area (Å²) in [6, 6.07) is 4.05. The number of nitrogens with zero attached hydrogens (tertiary/aromatic N) is 1. The van der Waals surface area contributed by atoms with Gasteiger partial charge in [0.15, 0.2) is 0 Å². The Labute approximate surface area is 123 Å². The zero-order valence-corrected chi connectivity index (χ0v) is 11.9. The second kappa shape index (κ2) is 8.76. The molecule has 0 aliphatic rings. The van der Waals surface area contributed by atoms with Crippen LogP contribution in [0.3, 0.4) is 0 Å². The van der Waals surface area contributed by atoms with Gasteiger partial charge in [0, 0.05) is 11.8 Å². The van der Waals surface area contributed by atoms with Crippen LogP contribution in [0.1, 0.15) is 18.4 Å². The fourth-order valence-corrected chi connectivity index (χ4v) is 1.67. The number of aliphatic carboxylic acids is 1. The summed E-state index contributed by atoms with van der Waals surface area (Å²) in [5.41, 5.74) is 5.92. The third kappa shape index (κ3) is 5.66. The molecule has 1 unspecified atom stereocenters. The molecule has 0 fully saturated rings. The summed E-state index contributed by atoms with van der Waals surface area (Å²) in [5, 5.41) is 18.7. The number of aromatic hydroxyl groups is 1. The molecule has 1 aromatic carbocycles. The highest BCUT2D eigenvalue weighted by Crippen LogP contribution is 2.23. The van der Waals surface area contributed by atoms with E-state index in [0.29, 0.717) is 30.7 Å². The molecule has 0 saturated heterocycles. The summed E-state index contributed by atoms with van der Waals surface area (Å²) >= 11 is 0. The predicted molar refractivity (Wildman–Crippen MR) is 81.9 cm³/mol. The van der Waals surface area contributed by atoms with E-state index >= 15 is 0 Å². The van der Waals surface area contributed by atoms with E-state index in [9.17, 15) is 9.90 Å². The number of carboxylic acid groups (broad SMARTS) is 1. The van der Waals surface area contributed by atoms with Gasteiger partial charge in [-0.3, -0.25) is 4.99 Å². The molecule has 0 spiro atoms. The number of nitrogens with two attached hydrogens (primary N) is 1. The van der Waals surface area contributed by atoms with Crippen molar-refractivity contribution in [1.82, 2.24) is 0 Å². The van der Waals surface area contributed by atoms with E-state index in [1.165, 1.54) is 19.4 Å². The van der Waals surface area contributed by atoms with Crippen molar-refractivity contribution in [1.29, 1.82) is 0 Å². The van der Waals surface area contributed by atoms with Crippen molar-refractivity contribution >= 4 is 18.3 Å². The lowest BCUT2D eigenvalue weighted by atomic mass is 10.1. The number of methoxy groups -OCH3 is 1. The normalized spacial score (nSPS) is 12.9. The lowest BCUT2D eigenvalue weighted by molar-refractivity contribution is -0.138. The number of carbonyl (C=O) groups is 1. The zero-order valence-electron chi connectivity index (χ0n) is 11.9. The average Bonchev–Trinajstić information content (AvgIpc) is 2.47. The molecule has 0 aromatic heterocycles. The molecule has 0 aliphatic heterocycles. The largest absolute Gasteiger partial charge is 0.507 e. The van der Waals surface area contributed by atoms with Gasteiger partial charge in [-0.25, -0.2) is 4.79 Å². The number of ether oxygens (including phenoxy) is 1. The van der Waals surface area contributed by atoms with E-state index in [2.05, 4.69) is 4.99 Å². The molecule has 0 heterocycles. The second-order valence-electron chi connectivity index (χ2n) is 4.37. The van der Waals surface area contributed by atoms with Gasteiger partial charge in [0.2, 0.25) is 0 Å². The summed E-state index contributed by atoms with van der Waals surface area (Å²) < 4.78 is 5.06. The van der Waals surface area contributed by atoms with Crippen LogP contribution in [0.5, 0.6) is 11.5 Å². The minimum Gasteiger partial charge on any atom is -0.507 e. The van der Waals surface area contributed by atoms with Crippen molar-refractivity contribution in [3.05, 3.63) is 29.8 Å². The van der Waals surface area contributed by atoms with Gasteiger partial charge in [-0.2, -0.15) is 0 Å². The second-order valence-corrected chi connectivity index (χ2v) is 4.37. The Hall–Kier alpha value is -2.34. The Morgan fingerprint density at radius 2 is 2.29 bits per heavy atom. The Morgan fingerprint density at radius 1 is 1.52 bits per heavy atom. The van der Waals surface area contributed by atoms with Crippen LogP contribution in [-0.4, -0.2) is 42.1 Å². The van der Waals surface area contributed by atoms with Crippen molar-refractivity contribution in [2.24, 2.45) is 10.7 Å². The molecule has 6 nitrogen and oxygen atoms in total. The molecule has 1 aromatic rings. The summed E-state index contributed by atoms with van der Waals surface area (Å²) in [7, 11) is 1.54. The molecule has 0 amide bonds. The molecule has 6 heteroatoms. The quantitative estimate of drug-likeness (QED) is 0.632. The molecule has 0 aliphatic carbocycles. The number of carboxylic acids is 1. The Bertz CT molecular complexity index is 526. The Balaban J connectivity index is 2.71. The van der Waals surface area contributed by atoms with Gasteiger partial charge in [-0.05, 0) is 49.7 Å².